The van der Waals surface area contributed by atoms with E-state index in [2.05, 4.69) is 13.5 Å². The van der Waals surface area contributed by atoms with Crippen LogP contribution in [0.2, 0.25) is 0 Å². The van der Waals surface area contributed by atoms with Crippen molar-refractivity contribution in [2.24, 2.45) is 5.73 Å². The van der Waals surface area contributed by atoms with Crippen LogP contribution < -0.4 is 5.73 Å². The molecule has 12 heavy (non-hydrogen) atoms. The summed E-state index contributed by atoms with van der Waals surface area (Å²) in [6, 6.07) is 0.278. The van der Waals surface area contributed by atoms with Crippen molar-refractivity contribution in [1.82, 2.24) is 0 Å². The van der Waals surface area contributed by atoms with Gasteiger partial charge in [-0.3, -0.25) is 0 Å². The Morgan fingerprint density at radius 2 is 2.17 bits per heavy atom. The molecular weight excluding hydrogens is 150 g/mol. The fourth-order valence-corrected chi connectivity index (χ4v) is 0.957. The molecule has 0 bridgehead atoms. The number of rotatable bonds is 8. The first kappa shape index (κ1) is 11.7. The Hall–Kier alpha value is -0.340. The summed E-state index contributed by atoms with van der Waals surface area (Å²) in [7, 11) is 0. The van der Waals surface area contributed by atoms with E-state index in [0.717, 1.165) is 38.9 Å². The van der Waals surface area contributed by atoms with E-state index in [9.17, 15) is 0 Å². The second kappa shape index (κ2) is 8.75. The highest BCUT2D eigenvalue weighted by molar-refractivity contribution is 4.71. The number of ether oxygens (including phenoxy) is 1. The fraction of sp³-hybridized carbons (Fsp3) is 0.800. The summed E-state index contributed by atoms with van der Waals surface area (Å²) in [4.78, 5) is 0. The molecule has 0 fully saturated rings. The lowest BCUT2D eigenvalue weighted by atomic mass is 10.1. The van der Waals surface area contributed by atoms with Gasteiger partial charge >= 0.3 is 0 Å². The summed E-state index contributed by atoms with van der Waals surface area (Å²) in [5.41, 5.74) is 5.81. The molecule has 0 aliphatic rings. The number of hydrogen-bond acceptors (Lipinski definition) is 2. The lowest BCUT2D eigenvalue weighted by Crippen LogP contribution is -2.21. The van der Waals surface area contributed by atoms with Gasteiger partial charge in [-0.2, -0.15) is 0 Å². The van der Waals surface area contributed by atoms with Gasteiger partial charge in [-0.05, 0) is 25.7 Å². The Morgan fingerprint density at radius 1 is 1.42 bits per heavy atom. The van der Waals surface area contributed by atoms with Crippen molar-refractivity contribution in [2.75, 3.05) is 13.2 Å². The van der Waals surface area contributed by atoms with Crippen molar-refractivity contribution >= 4 is 0 Å². The van der Waals surface area contributed by atoms with Crippen LogP contribution in [0.1, 0.15) is 32.6 Å². The van der Waals surface area contributed by atoms with Gasteiger partial charge in [0.25, 0.3) is 0 Å². The van der Waals surface area contributed by atoms with Gasteiger partial charge in [0, 0.05) is 19.3 Å². The minimum absolute atomic E-state index is 0.278. The maximum absolute atomic E-state index is 5.81. The number of allylic oxidation sites excluding steroid dienone is 1. The molecule has 2 N–H and O–H groups in total. The predicted molar refractivity (Wildman–Crippen MR) is 53.1 cm³/mol. The van der Waals surface area contributed by atoms with Gasteiger partial charge in [-0.1, -0.05) is 13.0 Å². The van der Waals surface area contributed by atoms with E-state index in [1.165, 1.54) is 0 Å². The van der Waals surface area contributed by atoms with Gasteiger partial charge in [0.05, 0.1) is 0 Å². The van der Waals surface area contributed by atoms with Crippen LogP contribution >= 0.6 is 0 Å². The molecule has 0 saturated heterocycles. The molecular formula is C10H21NO. The zero-order valence-corrected chi connectivity index (χ0v) is 8.09. The van der Waals surface area contributed by atoms with Crippen LogP contribution in [0.4, 0.5) is 0 Å². The molecule has 0 aromatic heterocycles. The van der Waals surface area contributed by atoms with Gasteiger partial charge in [0.1, 0.15) is 0 Å². The molecule has 1 atom stereocenters. The van der Waals surface area contributed by atoms with Crippen LogP contribution in [0.15, 0.2) is 12.7 Å². The van der Waals surface area contributed by atoms with Crippen LogP contribution in [0, 0.1) is 0 Å². The summed E-state index contributed by atoms with van der Waals surface area (Å²) in [6.45, 7) is 7.42. The molecule has 2 nitrogen and oxygen atoms in total. The Bertz CT molecular complexity index is 104. The summed E-state index contributed by atoms with van der Waals surface area (Å²) in [5.74, 6) is 0. The Balaban J connectivity index is 3.07. The predicted octanol–water partition coefficient (Wildman–Crippen LogP) is 2.10. The smallest absolute Gasteiger partial charge is 0.0480 e. The maximum atomic E-state index is 5.81. The van der Waals surface area contributed by atoms with E-state index < -0.39 is 0 Å². The summed E-state index contributed by atoms with van der Waals surface area (Å²) in [6.07, 6.45) is 6.00. The molecule has 72 valence electrons. The van der Waals surface area contributed by atoms with E-state index in [0.29, 0.717) is 0 Å². The van der Waals surface area contributed by atoms with E-state index in [1.54, 1.807) is 0 Å². The molecule has 0 spiro atoms. The molecule has 0 radical (unpaired) electrons. The van der Waals surface area contributed by atoms with Crippen molar-refractivity contribution in [3.63, 3.8) is 0 Å². The minimum Gasteiger partial charge on any atom is -0.381 e. The third-order valence-electron chi connectivity index (χ3n) is 1.72. The molecule has 0 saturated carbocycles. The van der Waals surface area contributed by atoms with E-state index in [1.807, 2.05) is 6.08 Å². The highest BCUT2D eigenvalue weighted by atomic mass is 16.5. The van der Waals surface area contributed by atoms with Crippen LogP contribution in [0.5, 0.6) is 0 Å². The fourth-order valence-electron chi connectivity index (χ4n) is 0.957. The second-order valence-corrected chi connectivity index (χ2v) is 3.03. The lowest BCUT2D eigenvalue weighted by molar-refractivity contribution is 0.127. The SMILES string of the molecule is C=CCCC(N)CCOCCC. The monoisotopic (exact) mass is 171 g/mol. The van der Waals surface area contributed by atoms with E-state index >= 15 is 0 Å². The van der Waals surface area contributed by atoms with E-state index in [4.69, 9.17) is 10.5 Å². The van der Waals surface area contributed by atoms with Crippen LogP contribution in [0.3, 0.4) is 0 Å². The zero-order valence-electron chi connectivity index (χ0n) is 8.09. The molecule has 1 unspecified atom stereocenters. The van der Waals surface area contributed by atoms with Gasteiger partial charge in [-0.25, -0.2) is 0 Å². The largest absolute Gasteiger partial charge is 0.381 e. The van der Waals surface area contributed by atoms with Gasteiger partial charge in [0.15, 0.2) is 0 Å². The molecule has 0 amide bonds. The van der Waals surface area contributed by atoms with Gasteiger partial charge in [-0.15, -0.1) is 6.58 Å². The van der Waals surface area contributed by atoms with Crippen LogP contribution in [-0.4, -0.2) is 19.3 Å². The molecule has 2 heteroatoms. The van der Waals surface area contributed by atoms with Gasteiger partial charge in [0.2, 0.25) is 0 Å². The average molecular weight is 171 g/mol. The Kier molecular flexibility index (Phi) is 8.51. The molecule has 0 heterocycles. The summed E-state index contributed by atoms with van der Waals surface area (Å²) < 4.78 is 5.33. The van der Waals surface area contributed by atoms with Crippen molar-refractivity contribution < 1.29 is 4.74 Å². The van der Waals surface area contributed by atoms with E-state index in [-0.39, 0.29) is 6.04 Å². The lowest BCUT2D eigenvalue weighted by Gasteiger charge is -2.09. The maximum Gasteiger partial charge on any atom is 0.0480 e. The zero-order chi connectivity index (χ0) is 9.23. The minimum atomic E-state index is 0.278. The Morgan fingerprint density at radius 3 is 2.75 bits per heavy atom. The molecule has 0 aliphatic heterocycles. The molecule has 0 aliphatic carbocycles. The second-order valence-electron chi connectivity index (χ2n) is 3.03. The highest BCUT2D eigenvalue weighted by Crippen LogP contribution is 1.99. The van der Waals surface area contributed by atoms with Crippen molar-refractivity contribution in [3.8, 4) is 0 Å². The first-order chi connectivity index (χ1) is 5.81. The third kappa shape index (κ3) is 7.76. The number of hydrogen-bond donors (Lipinski definition) is 1. The third-order valence-corrected chi connectivity index (χ3v) is 1.72. The first-order valence-corrected chi connectivity index (χ1v) is 4.75. The molecule has 0 aromatic rings. The normalized spacial score (nSPS) is 12.8. The quantitative estimate of drug-likeness (QED) is 0.448. The molecule has 0 aromatic carbocycles. The Labute approximate surface area is 75.8 Å². The van der Waals surface area contributed by atoms with Crippen molar-refractivity contribution in [1.29, 1.82) is 0 Å². The van der Waals surface area contributed by atoms with Crippen molar-refractivity contribution in [3.05, 3.63) is 12.7 Å². The summed E-state index contributed by atoms with van der Waals surface area (Å²) in [5, 5.41) is 0. The van der Waals surface area contributed by atoms with Crippen LogP contribution in [0.25, 0.3) is 0 Å². The molecule has 0 rings (SSSR count). The standard InChI is InChI=1S/C10H21NO/c1-3-5-6-10(11)7-9-12-8-4-2/h3,10H,1,4-9,11H2,2H3. The first-order valence-electron chi connectivity index (χ1n) is 4.75. The van der Waals surface area contributed by atoms with Crippen LogP contribution in [-0.2, 0) is 4.74 Å². The topological polar surface area (TPSA) is 35.2 Å². The number of nitrogens with two attached hydrogens (primary N) is 1. The van der Waals surface area contributed by atoms with Crippen molar-refractivity contribution in [2.45, 2.75) is 38.6 Å². The highest BCUT2D eigenvalue weighted by Gasteiger charge is 1.99. The van der Waals surface area contributed by atoms with Gasteiger partial charge < -0.3 is 10.5 Å². The average Bonchev–Trinajstić information content (AvgIpc) is 2.09. The summed E-state index contributed by atoms with van der Waals surface area (Å²) >= 11 is 0.